The molecule has 78 valence electrons. The summed E-state index contributed by atoms with van der Waals surface area (Å²) in [5.74, 6) is 0.442. The summed E-state index contributed by atoms with van der Waals surface area (Å²) >= 11 is 5.78. The van der Waals surface area contributed by atoms with E-state index in [4.69, 9.17) is 16.3 Å². The molecule has 0 spiro atoms. The summed E-state index contributed by atoms with van der Waals surface area (Å²) in [6.07, 6.45) is -0.167. The lowest BCUT2D eigenvalue weighted by molar-refractivity contribution is 0.169. The number of ether oxygens (including phenoxy) is 1. The van der Waals surface area contributed by atoms with Crippen molar-refractivity contribution in [2.75, 3.05) is 7.11 Å². The molecule has 4 heteroatoms. The first-order valence-electron chi connectivity index (χ1n) is 4.34. The zero-order valence-corrected chi connectivity index (χ0v) is 8.88. The van der Waals surface area contributed by atoms with Gasteiger partial charge in [0.25, 0.3) is 0 Å². The predicted molar refractivity (Wildman–Crippen MR) is 54.9 cm³/mol. The Balaban J connectivity index is 3.17. The minimum absolute atomic E-state index is 0.00912. The van der Waals surface area contributed by atoms with E-state index in [1.807, 2.05) is 6.92 Å². The second kappa shape index (κ2) is 4.53. The fourth-order valence-electron chi connectivity index (χ4n) is 1.20. The average molecular weight is 217 g/mol. The monoisotopic (exact) mass is 216 g/mol. The van der Waals surface area contributed by atoms with Crippen molar-refractivity contribution in [3.8, 4) is 11.5 Å². The van der Waals surface area contributed by atoms with Crippen LogP contribution in [0, 0.1) is 0 Å². The first-order valence-corrected chi connectivity index (χ1v) is 4.72. The highest BCUT2D eigenvalue weighted by atomic mass is 35.5. The number of aromatic hydroxyl groups is 1. The third-order valence-corrected chi connectivity index (χ3v) is 2.34. The van der Waals surface area contributed by atoms with Crippen molar-refractivity contribution in [1.29, 1.82) is 0 Å². The minimum atomic E-state index is -0.693. The van der Waals surface area contributed by atoms with E-state index in [1.165, 1.54) is 13.2 Å². The van der Waals surface area contributed by atoms with Gasteiger partial charge in [0.15, 0.2) is 0 Å². The van der Waals surface area contributed by atoms with Gasteiger partial charge in [-0.3, -0.25) is 0 Å². The predicted octanol–water partition coefficient (Wildman–Crippen LogP) is 2.50. The van der Waals surface area contributed by atoms with Gasteiger partial charge < -0.3 is 14.9 Å². The van der Waals surface area contributed by atoms with E-state index < -0.39 is 6.10 Å². The number of halogens is 1. The Labute approximate surface area is 87.9 Å². The first kappa shape index (κ1) is 11.1. The zero-order chi connectivity index (χ0) is 10.7. The van der Waals surface area contributed by atoms with Gasteiger partial charge in [0.1, 0.15) is 11.5 Å². The summed E-state index contributed by atoms with van der Waals surface area (Å²) in [5, 5.41) is 19.4. The van der Waals surface area contributed by atoms with Gasteiger partial charge in [0.2, 0.25) is 0 Å². The van der Waals surface area contributed by atoms with Gasteiger partial charge >= 0.3 is 0 Å². The van der Waals surface area contributed by atoms with Crippen molar-refractivity contribution in [2.24, 2.45) is 0 Å². The van der Waals surface area contributed by atoms with Crippen molar-refractivity contribution >= 4 is 11.6 Å². The van der Waals surface area contributed by atoms with Crippen LogP contribution >= 0.6 is 11.6 Å². The maximum Gasteiger partial charge on any atom is 0.138 e. The second-order valence-electron chi connectivity index (χ2n) is 2.97. The molecule has 0 amide bonds. The van der Waals surface area contributed by atoms with E-state index in [1.54, 1.807) is 6.07 Å². The lowest BCUT2D eigenvalue weighted by Crippen LogP contribution is -1.97. The molecule has 0 heterocycles. The molecule has 14 heavy (non-hydrogen) atoms. The molecule has 0 aliphatic carbocycles. The van der Waals surface area contributed by atoms with E-state index in [0.717, 1.165) is 0 Å². The Morgan fingerprint density at radius 3 is 2.64 bits per heavy atom. The Morgan fingerprint density at radius 1 is 1.50 bits per heavy atom. The third kappa shape index (κ3) is 2.11. The summed E-state index contributed by atoms with van der Waals surface area (Å²) in [5.41, 5.74) is 0.439. The summed E-state index contributed by atoms with van der Waals surface area (Å²) in [4.78, 5) is 0. The van der Waals surface area contributed by atoms with Crippen molar-refractivity contribution in [1.82, 2.24) is 0 Å². The Bertz CT molecular complexity index is 325. The number of phenolic OH excluding ortho intramolecular Hbond substituents is 1. The van der Waals surface area contributed by atoms with Crippen molar-refractivity contribution in [2.45, 2.75) is 19.4 Å². The summed E-state index contributed by atoms with van der Waals surface area (Å²) in [6.45, 7) is 1.82. The number of hydrogen-bond donors (Lipinski definition) is 2. The molecule has 0 fully saturated rings. The fourth-order valence-corrected chi connectivity index (χ4v) is 1.44. The third-order valence-electron chi connectivity index (χ3n) is 2.05. The molecule has 2 N–H and O–H groups in total. The summed E-state index contributed by atoms with van der Waals surface area (Å²) < 4.78 is 4.98. The Kier molecular flexibility index (Phi) is 3.61. The van der Waals surface area contributed by atoms with Crippen LogP contribution < -0.4 is 4.74 Å². The highest BCUT2D eigenvalue weighted by Crippen LogP contribution is 2.35. The van der Waals surface area contributed by atoms with E-state index in [9.17, 15) is 10.2 Å². The van der Waals surface area contributed by atoms with Gasteiger partial charge in [0, 0.05) is 11.6 Å². The number of phenols is 1. The fraction of sp³-hybridized carbons (Fsp3) is 0.400. The van der Waals surface area contributed by atoms with E-state index in [-0.39, 0.29) is 5.75 Å². The van der Waals surface area contributed by atoms with Gasteiger partial charge in [0.05, 0.1) is 18.2 Å². The maximum atomic E-state index is 9.56. The van der Waals surface area contributed by atoms with Crippen LogP contribution in [0.5, 0.6) is 11.5 Å². The van der Waals surface area contributed by atoms with E-state index in [2.05, 4.69) is 0 Å². The molecular weight excluding hydrogens is 204 g/mol. The van der Waals surface area contributed by atoms with Gasteiger partial charge in [-0.1, -0.05) is 18.5 Å². The van der Waals surface area contributed by atoms with Crippen LogP contribution in [0.15, 0.2) is 12.1 Å². The van der Waals surface area contributed by atoms with E-state index in [0.29, 0.717) is 22.8 Å². The molecular formula is C10H13ClO3. The highest BCUT2D eigenvalue weighted by Gasteiger charge is 2.14. The molecule has 0 aromatic heterocycles. The zero-order valence-electron chi connectivity index (χ0n) is 8.12. The number of aliphatic hydroxyl groups excluding tert-OH is 1. The van der Waals surface area contributed by atoms with Crippen molar-refractivity contribution < 1.29 is 14.9 Å². The van der Waals surface area contributed by atoms with Crippen molar-refractivity contribution in [3.05, 3.63) is 22.7 Å². The second-order valence-corrected chi connectivity index (χ2v) is 3.38. The van der Waals surface area contributed by atoms with Gasteiger partial charge in [-0.25, -0.2) is 0 Å². The lowest BCUT2D eigenvalue weighted by Gasteiger charge is -2.12. The summed E-state index contributed by atoms with van der Waals surface area (Å²) in [6, 6.07) is 2.92. The number of aliphatic hydroxyl groups is 1. The van der Waals surface area contributed by atoms with Crippen LogP contribution in [0.1, 0.15) is 25.0 Å². The van der Waals surface area contributed by atoms with Gasteiger partial charge in [-0.2, -0.15) is 0 Å². The summed E-state index contributed by atoms with van der Waals surface area (Å²) in [7, 11) is 1.49. The van der Waals surface area contributed by atoms with Gasteiger partial charge in [-0.15, -0.1) is 0 Å². The first-order chi connectivity index (χ1) is 6.60. The van der Waals surface area contributed by atoms with Crippen molar-refractivity contribution in [3.63, 3.8) is 0 Å². The lowest BCUT2D eigenvalue weighted by atomic mass is 10.1. The van der Waals surface area contributed by atoms with Crippen LogP contribution in [0.4, 0.5) is 0 Å². The molecule has 0 bridgehead atoms. The maximum absolute atomic E-state index is 9.56. The molecule has 0 saturated heterocycles. The number of methoxy groups -OCH3 is 1. The smallest absolute Gasteiger partial charge is 0.138 e. The Hall–Kier alpha value is -0.930. The van der Waals surface area contributed by atoms with Gasteiger partial charge in [-0.05, 0) is 12.5 Å². The molecule has 3 nitrogen and oxygen atoms in total. The van der Waals surface area contributed by atoms with Crippen LogP contribution in [-0.4, -0.2) is 17.3 Å². The molecule has 0 aliphatic rings. The van der Waals surface area contributed by atoms with Crippen LogP contribution in [-0.2, 0) is 0 Å². The standard InChI is InChI=1S/C10H13ClO3/c1-3-8(12)6-4-10(14-2)7(11)5-9(6)13/h4-5,8,12-13H,3H2,1-2H3. The minimum Gasteiger partial charge on any atom is -0.508 e. The largest absolute Gasteiger partial charge is 0.508 e. The van der Waals surface area contributed by atoms with Crippen LogP contribution in [0.25, 0.3) is 0 Å². The molecule has 0 aliphatic heterocycles. The number of hydrogen-bond acceptors (Lipinski definition) is 3. The highest BCUT2D eigenvalue weighted by molar-refractivity contribution is 6.32. The number of rotatable bonds is 3. The molecule has 1 atom stereocenters. The van der Waals surface area contributed by atoms with E-state index >= 15 is 0 Å². The topological polar surface area (TPSA) is 49.7 Å². The molecule has 1 unspecified atom stereocenters. The SMILES string of the molecule is CCC(O)c1cc(OC)c(Cl)cc1O. The molecule has 0 radical (unpaired) electrons. The van der Waals surface area contributed by atoms with Crippen LogP contribution in [0.2, 0.25) is 5.02 Å². The number of benzene rings is 1. The Morgan fingerprint density at radius 2 is 2.14 bits per heavy atom. The molecule has 0 saturated carbocycles. The normalized spacial score (nSPS) is 12.6. The quantitative estimate of drug-likeness (QED) is 0.816. The average Bonchev–Trinajstić information content (AvgIpc) is 2.17. The van der Waals surface area contributed by atoms with Crippen LogP contribution in [0.3, 0.4) is 0 Å². The molecule has 1 rings (SSSR count). The molecule has 1 aromatic rings. The molecule has 1 aromatic carbocycles.